The molecule has 0 aliphatic carbocycles. The number of benzene rings is 2. The van der Waals surface area contributed by atoms with Crippen molar-refractivity contribution < 1.29 is 4.74 Å². The summed E-state index contributed by atoms with van der Waals surface area (Å²) < 4.78 is 5.92. The summed E-state index contributed by atoms with van der Waals surface area (Å²) in [7, 11) is 0. The summed E-state index contributed by atoms with van der Waals surface area (Å²) in [6, 6.07) is 13.7. The second-order valence-electron chi connectivity index (χ2n) is 4.83. The summed E-state index contributed by atoms with van der Waals surface area (Å²) in [5.74, 6) is 1.69. The van der Waals surface area contributed by atoms with Crippen LogP contribution in [0, 0.1) is 6.92 Å². The van der Waals surface area contributed by atoms with Crippen LogP contribution in [0.5, 0.6) is 11.5 Å². The lowest BCUT2D eigenvalue weighted by Gasteiger charge is -2.11. The fourth-order valence-electron chi connectivity index (χ4n) is 1.90. The van der Waals surface area contributed by atoms with Crippen LogP contribution >= 0.6 is 11.6 Å². The highest BCUT2D eigenvalue weighted by atomic mass is 35.5. The molecule has 0 heterocycles. The zero-order chi connectivity index (χ0) is 14.4. The van der Waals surface area contributed by atoms with E-state index >= 15 is 0 Å². The third-order valence-electron chi connectivity index (χ3n) is 3.05. The van der Waals surface area contributed by atoms with E-state index in [-0.39, 0.29) is 0 Å². The third kappa shape index (κ3) is 4.26. The van der Waals surface area contributed by atoms with Crippen molar-refractivity contribution in [3.63, 3.8) is 0 Å². The van der Waals surface area contributed by atoms with Gasteiger partial charge < -0.3 is 10.1 Å². The minimum Gasteiger partial charge on any atom is -0.457 e. The Kier molecular flexibility index (Phi) is 5.45. The van der Waals surface area contributed by atoms with Crippen molar-refractivity contribution in [1.82, 2.24) is 5.32 Å². The Morgan fingerprint density at radius 2 is 1.85 bits per heavy atom. The molecule has 0 saturated carbocycles. The van der Waals surface area contributed by atoms with Crippen LogP contribution in [0.1, 0.15) is 24.5 Å². The number of nitrogens with one attached hydrogen (secondary N) is 1. The van der Waals surface area contributed by atoms with Crippen molar-refractivity contribution in [1.29, 1.82) is 0 Å². The largest absolute Gasteiger partial charge is 0.457 e. The van der Waals surface area contributed by atoms with Crippen LogP contribution in [-0.4, -0.2) is 6.54 Å². The number of hydrogen-bond acceptors (Lipinski definition) is 2. The van der Waals surface area contributed by atoms with E-state index in [0.717, 1.165) is 36.6 Å². The summed E-state index contributed by atoms with van der Waals surface area (Å²) in [6.07, 6.45) is 1.14. The normalized spacial score (nSPS) is 10.6. The van der Waals surface area contributed by atoms with Gasteiger partial charge in [-0.25, -0.2) is 0 Å². The molecular formula is C17H20ClNO. The fraction of sp³-hybridized carbons (Fsp3) is 0.294. The van der Waals surface area contributed by atoms with Crippen molar-refractivity contribution in [2.24, 2.45) is 0 Å². The van der Waals surface area contributed by atoms with Gasteiger partial charge in [0.05, 0.1) is 0 Å². The zero-order valence-corrected chi connectivity index (χ0v) is 12.7. The molecule has 2 aromatic rings. The number of hydrogen-bond donors (Lipinski definition) is 1. The molecule has 0 aliphatic heterocycles. The summed E-state index contributed by atoms with van der Waals surface area (Å²) >= 11 is 5.88. The van der Waals surface area contributed by atoms with E-state index in [9.17, 15) is 0 Å². The Labute approximate surface area is 125 Å². The van der Waals surface area contributed by atoms with Crippen molar-refractivity contribution >= 4 is 11.6 Å². The molecular weight excluding hydrogens is 270 g/mol. The van der Waals surface area contributed by atoms with Crippen LogP contribution < -0.4 is 10.1 Å². The highest BCUT2D eigenvalue weighted by Gasteiger charge is 2.03. The van der Waals surface area contributed by atoms with Crippen LogP contribution in [0.25, 0.3) is 0 Å². The molecule has 0 atom stereocenters. The van der Waals surface area contributed by atoms with Gasteiger partial charge in [-0.2, -0.15) is 0 Å². The smallest absolute Gasteiger partial charge is 0.130 e. The number of aryl methyl sites for hydroxylation is 1. The number of ether oxygens (including phenoxy) is 1. The van der Waals surface area contributed by atoms with E-state index < -0.39 is 0 Å². The lowest BCUT2D eigenvalue weighted by Crippen LogP contribution is -2.13. The van der Waals surface area contributed by atoms with Gasteiger partial charge in [0.1, 0.15) is 11.5 Å². The SMILES string of the molecule is CCCNCc1ccc(C)c(Oc2ccc(Cl)cc2)c1. The summed E-state index contributed by atoms with van der Waals surface area (Å²) in [5, 5.41) is 4.11. The predicted octanol–water partition coefficient (Wildman–Crippen LogP) is 4.94. The summed E-state index contributed by atoms with van der Waals surface area (Å²) in [4.78, 5) is 0. The van der Waals surface area contributed by atoms with Crippen LogP contribution in [-0.2, 0) is 6.54 Å². The Morgan fingerprint density at radius 1 is 1.10 bits per heavy atom. The first-order valence-corrected chi connectivity index (χ1v) is 7.30. The standard InChI is InChI=1S/C17H20ClNO/c1-3-10-19-12-14-5-4-13(2)17(11-14)20-16-8-6-15(18)7-9-16/h4-9,11,19H,3,10,12H2,1-2H3. The minimum atomic E-state index is 0.714. The Morgan fingerprint density at radius 3 is 2.55 bits per heavy atom. The van der Waals surface area contributed by atoms with Crippen LogP contribution in [0.15, 0.2) is 42.5 Å². The van der Waals surface area contributed by atoms with Gasteiger partial charge in [-0.05, 0) is 61.3 Å². The van der Waals surface area contributed by atoms with E-state index in [4.69, 9.17) is 16.3 Å². The molecule has 0 radical (unpaired) electrons. The molecule has 0 bridgehead atoms. The van der Waals surface area contributed by atoms with E-state index in [2.05, 4.69) is 37.4 Å². The van der Waals surface area contributed by atoms with Crippen LogP contribution in [0.4, 0.5) is 0 Å². The Balaban J connectivity index is 2.09. The molecule has 2 nitrogen and oxygen atoms in total. The average molecular weight is 290 g/mol. The molecule has 2 aromatic carbocycles. The molecule has 0 aliphatic rings. The van der Waals surface area contributed by atoms with Gasteiger partial charge >= 0.3 is 0 Å². The molecule has 3 heteroatoms. The first-order valence-electron chi connectivity index (χ1n) is 6.92. The third-order valence-corrected chi connectivity index (χ3v) is 3.30. The maximum atomic E-state index is 5.92. The van der Waals surface area contributed by atoms with Gasteiger partial charge in [0.15, 0.2) is 0 Å². The van der Waals surface area contributed by atoms with Crippen LogP contribution in [0.2, 0.25) is 5.02 Å². The molecule has 0 spiro atoms. The lowest BCUT2D eigenvalue weighted by atomic mass is 10.1. The van der Waals surface area contributed by atoms with Gasteiger partial charge in [-0.1, -0.05) is 30.7 Å². The molecule has 2 rings (SSSR count). The monoisotopic (exact) mass is 289 g/mol. The van der Waals surface area contributed by atoms with E-state index in [1.807, 2.05) is 24.3 Å². The fourth-order valence-corrected chi connectivity index (χ4v) is 2.03. The van der Waals surface area contributed by atoms with Crippen molar-refractivity contribution in [3.8, 4) is 11.5 Å². The second kappa shape index (κ2) is 7.32. The topological polar surface area (TPSA) is 21.3 Å². The molecule has 0 aromatic heterocycles. The molecule has 106 valence electrons. The van der Waals surface area contributed by atoms with Gasteiger partial charge in [0.2, 0.25) is 0 Å². The first kappa shape index (κ1) is 14.9. The number of halogens is 1. The van der Waals surface area contributed by atoms with Crippen LogP contribution in [0.3, 0.4) is 0 Å². The molecule has 0 unspecified atom stereocenters. The number of rotatable bonds is 6. The predicted molar refractivity (Wildman–Crippen MR) is 84.7 cm³/mol. The lowest BCUT2D eigenvalue weighted by molar-refractivity contribution is 0.477. The van der Waals surface area contributed by atoms with Crippen molar-refractivity contribution in [2.75, 3.05) is 6.54 Å². The minimum absolute atomic E-state index is 0.714. The average Bonchev–Trinajstić information content (AvgIpc) is 2.45. The highest BCUT2D eigenvalue weighted by Crippen LogP contribution is 2.27. The van der Waals surface area contributed by atoms with Gasteiger partial charge in [0, 0.05) is 11.6 Å². The maximum absolute atomic E-state index is 5.92. The van der Waals surface area contributed by atoms with Gasteiger partial charge in [0.25, 0.3) is 0 Å². The first-order chi connectivity index (χ1) is 9.69. The van der Waals surface area contributed by atoms with E-state index in [1.54, 1.807) is 0 Å². The molecule has 20 heavy (non-hydrogen) atoms. The molecule has 1 N–H and O–H groups in total. The zero-order valence-electron chi connectivity index (χ0n) is 11.9. The van der Waals surface area contributed by atoms with Crippen molar-refractivity contribution in [2.45, 2.75) is 26.8 Å². The second-order valence-corrected chi connectivity index (χ2v) is 5.27. The Bertz CT molecular complexity index is 551. The molecule has 0 fully saturated rings. The van der Waals surface area contributed by atoms with Crippen molar-refractivity contribution in [3.05, 3.63) is 58.6 Å². The van der Waals surface area contributed by atoms with Gasteiger partial charge in [-0.15, -0.1) is 0 Å². The summed E-state index contributed by atoms with van der Waals surface area (Å²) in [5.41, 5.74) is 2.35. The molecule has 0 amide bonds. The maximum Gasteiger partial charge on any atom is 0.130 e. The highest BCUT2D eigenvalue weighted by molar-refractivity contribution is 6.30. The van der Waals surface area contributed by atoms with Gasteiger partial charge in [-0.3, -0.25) is 0 Å². The van der Waals surface area contributed by atoms with E-state index in [0.29, 0.717) is 5.02 Å². The quantitative estimate of drug-likeness (QED) is 0.761. The van der Waals surface area contributed by atoms with E-state index in [1.165, 1.54) is 5.56 Å². The molecule has 0 saturated heterocycles. The Hall–Kier alpha value is -1.51. The summed E-state index contributed by atoms with van der Waals surface area (Å²) in [6.45, 7) is 6.11.